The van der Waals surface area contributed by atoms with Crippen molar-refractivity contribution >= 4 is 23.2 Å². The number of nitrogens with zero attached hydrogens (tertiary/aromatic N) is 1. The number of rotatable bonds is 7. The van der Waals surface area contributed by atoms with Gasteiger partial charge in [0.2, 0.25) is 11.8 Å². The molecule has 2 aromatic rings. The number of likely N-dealkylation sites (tertiary alicyclic amines) is 1. The van der Waals surface area contributed by atoms with Crippen LogP contribution in [0.15, 0.2) is 41.8 Å². The van der Waals surface area contributed by atoms with Crippen LogP contribution >= 0.6 is 11.3 Å². The molecule has 1 aromatic carbocycles. The summed E-state index contributed by atoms with van der Waals surface area (Å²) in [7, 11) is 0. The third-order valence-corrected chi connectivity index (χ3v) is 7.99. The molecule has 0 radical (unpaired) electrons. The Morgan fingerprint density at radius 1 is 1.10 bits per heavy atom. The Hall–Kier alpha value is -2.14. The van der Waals surface area contributed by atoms with Gasteiger partial charge in [0, 0.05) is 30.4 Å². The van der Waals surface area contributed by atoms with E-state index in [-0.39, 0.29) is 11.8 Å². The number of benzene rings is 1. The Labute approximate surface area is 190 Å². The number of carbonyl (C=O) groups excluding carboxylic acids is 2. The van der Waals surface area contributed by atoms with Gasteiger partial charge in [-0.1, -0.05) is 50.1 Å². The van der Waals surface area contributed by atoms with Crippen molar-refractivity contribution in [1.82, 2.24) is 10.2 Å². The summed E-state index contributed by atoms with van der Waals surface area (Å²) in [6.45, 7) is 4.17. The molecule has 1 saturated heterocycles. The molecule has 5 heteroatoms. The van der Waals surface area contributed by atoms with E-state index in [0.717, 1.165) is 38.5 Å². The topological polar surface area (TPSA) is 49.4 Å². The number of amides is 2. The zero-order chi connectivity index (χ0) is 21.7. The third-order valence-electron chi connectivity index (χ3n) is 7.09. The smallest absolute Gasteiger partial charge is 0.226 e. The predicted octanol–water partition coefficient (Wildman–Crippen LogP) is 5.28. The lowest BCUT2D eigenvalue weighted by Gasteiger charge is -2.42. The zero-order valence-electron chi connectivity index (χ0n) is 18.6. The van der Waals surface area contributed by atoms with Crippen LogP contribution in [0.2, 0.25) is 0 Å². The standard InChI is InChI=1S/C26H34N2O2S/c1-2-15-27-25(30)26(13-16-28(17-14-26)24(29)20-8-3-4-9-20)19-21-10-5-6-11-22(21)23-12-7-18-31-23/h5-7,10-12,18,20H,2-4,8-9,13-17,19H2,1H3,(H,27,30). The lowest BCUT2D eigenvalue weighted by Crippen LogP contribution is -2.52. The molecule has 0 unspecified atom stereocenters. The summed E-state index contributed by atoms with van der Waals surface area (Å²) in [6, 6.07) is 12.7. The number of hydrogen-bond acceptors (Lipinski definition) is 3. The van der Waals surface area contributed by atoms with Crippen molar-refractivity contribution in [3.8, 4) is 10.4 Å². The second-order valence-electron chi connectivity index (χ2n) is 9.15. The van der Waals surface area contributed by atoms with Gasteiger partial charge in [-0.05, 0) is 61.1 Å². The van der Waals surface area contributed by atoms with Crippen molar-refractivity contribution in [1.29, 1.82) is 0 Å². The summed E-state index contributed by atoms with van der Waals surface area (Å²) in [6.07, 6.45) is 7.54. The van der Waals surface area contributed by atoms with E-state index in [1.54, 1.807) is 11.3 Å². The fourth-order valence-corrected chi connectivity index (χ4v) is 5.99. The minimum Gasteiger partial charge on any atom is -0.356 e. The SMILES string of the molecule is CCCNC(=O)C1(Cc2ccccc2-c2cccs2)CCN(C(=O)C2CCCC2)CC1. The molecule has 0 atom stereocenters. The zero-order valence-corrected chi connectivity index (χ0v) is 19.4. The molecule has 4 rings (SSSR count). The second kappa shape index (κ2) is 9.99. The van der Waals surface area contributed by atoms with Gasteiger partial charge in [-0.25, -0.2) is 0 Å². The van der Waals surface area contributed by atoms with Crippen LogP contribution in [0.5, 0.6) is 0 Å². The van der Waals surface area contributed by atoms with Gasteiger partial charge in [0.05, 0.1) is 5.41 Å². The molecule has 2 amide bonds. The van der Waals surface area contributed by atoms with E-state index in [9.17, 15) is 9.59 Å². The monoisotopic (exact) mass is 438 g/mol. The van der Waals surface area contributed by atoms with Gasteiger partial charge in [-0.2, -0.15) is 0 Å². The summed E-state index contributed by atoms with van der Waals surface area (Å²) >= 11 is 1.74. The van der Waals surface area contributed by atoms with Gasteiger partial charge in [-0.3, -0.25) is 9.59 Å². The first-order valence-corrected chi connectivity index (χ1v) is 12.7. The number of piperidine rings is 1. The number of nitrogens with one attached hydrogen (secondary N) is 1. The maximum atomic E-state index is 13.4. The van der Waals surface area contributed by atoms with E-state index < -0.39 is 5.41 Å². The van der Waals surface area contributed by atoms with Gasteiger partial charge in [0.25, 0.3) is 0 Å². The van der Waals surface area contributed by atoms with Crippen molar-refractivity contribution < 1.29 is 9.59 Å². The predicted molar refractivity (Wildman–Crippen MR) is 127 cm³/mol. The number of hydrogen-bond donors (Lipinski definition) is 1. The van der Waals surface area contributed by atoms with Crippen LogP contribution in [0.3, 0.4) is 0 Å². The first-order valence-electron chi connectivity index (χ1n) is 11.8. The molecular formula is C26H34N2O2S. The molecule has 1 N–H and O–H groups in total. The summed E-state index contributed by atoms with van der Waals surface area (Å²) in [4.78, 5) is 29.6. The number of carbonyl (C=O) groups is 2. The largest absolute Gasteiger partial charge is 0.356 e. The van der Waals surface area contributed by atoms with Crippen molar-refractivity contribution in [2.24, 2.45) is 11.3 Å². The summed E-state index contributed by atoms with van der Waals surface area (Å²) in [5, 5.41) is 5.28. The van der Waals surface area contributed by atoms with Crippen LogP contribution in [0.4, 0.5) is 0 Å². The average Bonchev–Trinajstić information content (AvgIpc) is 3.52. The highest BCUT2D eigenvalue weighted by atomic mass is 32.1. The van der Waals surface area contributed by atoms with Gasteiger partial charge in [0.15, 0.2) is 0 Å². The molecule has 2 heterocycles. The van der Waals surface area contributed by atoms with Gasteiger partial charge in [-0.15, -0.1) is 11.3 Å². The van der Waals surface area contributed by atoms with Crippen LogP contribution in [-0.2, 0) is 16.0 Å². The van der Waals surface area contributed by atoms with E-state index >= 15 is 0 Å². The van der Waals surface area contributed by atoms with E-state index in [4.69, 9.17) is 0 Å². The Kier molecular flexibility index (Phi) is 7.11. The van der Waals surface area contributed by atoms with Crippen LogP contribution < -0.4 is 5.32 Å². The normalized spacial score (nSPS) is 18.8. The fourth-order valence-electron chi connectivity index (χ4n) is 5.21. The van der Waals surface area contributed by atoms with E-state index in [0.29, 0.717) is 25.5 Å². The molecule has 1 aliphatic carbocycles. The molecule has 1 aromatic heterocycles. The quantitative estimate of drug-likeness (QED) is 0.639. The van der Waals surface area contributed by atoms with Gasteiger partial charge >= 0.3 is 0 Å². The fraction of sp³-hybridized carbons (Fsp3) is 0.538. The minimum atomic E-state index is -0.449. The van der Waals surface area contributed by atoms with Gasteiger partial charge in [0.1, 0.15) is 0 Å². The molecular weight excluding hydrogens is 404 g/mol. The van der Waals surface area contributed by atoms with E-state index in [1.165, 1.54) is 28.8 Å². The highest BCUT2D eigenvalue weighted by molar-refractivity contribution is 7.13. The molecule has 1 saturated carbocycles. The molecule has 0 bridgehead atoms. The average molecular weight is 439 g/mol. The lowest BCUT2D eigenvalue weighted by atomic mass is 9.72. The van der Waals surface area contributed by atoms with Crippen molar-refractivity contribution in [3.05, 3.63) is 47.3 Å². The number of thiophene rings is 1. The summed E-state index contributed by atoms with van der Waals surface area (Å²) < 4.78 is 0. The molecule has 4 nitrogen and oxygen atoms in total. The minimum absolute atomic E-state index is 0.156. The Morgan fingerprint density at radius 2 is 1.84 bits per heavy atom. The van der Waals surface area contributed by atoms with Crippen molar-refractivity contribution in [2.45, 2.75) is 58.3 Å². The highest BCUT2D eigenvalue weighted by Crippen LogP contribution is 2.40. The van der Waals surface area contributed by atoms with Crippen molar-refractivity contribution in [2.75, 3.05) is 19.6 Å². The second-order valence-corrected chi connectivity index (χ2v) is 10.1. The highest BCUT2D eigenvalue weighted by Gasteiger charge is 2.43. The summed E-state index contributed by atoms with van der Waals surface area (Å²) in [5.41, 5.74) is 2.01. The van der Waals surface area contributed by atoms with Crippen LogP contribution in [0.1, 0.15) is 57.4 Å². The third kappa shape index (κ3) is 4.87. The molecule has 2 fully saturated rings. The molecule has 0 spiro atoms. The maximum absolute atomic E-state index is 13.4. The first-order chi connectivity index (χ1) is 15.1. The molecule has 31 heavy (non-hydrogen) atoms. The van der Waals surface area contributed by atoms with E-state index in [2.05, 4.69) is 54.0 Å². The molecule has 166 valence electrons. The van der Waals surface area contributed by atoms with Gasteiger partial charge < -0.3 is 10.2 Å². The maximum Gasteiger partial charge on any atom is 0.226 e. The Morgan fingerprint density at radius 3 is 2.52 bits per heavy atom. The Balaban J connectivity index is 1.55. The Bertz CT molecular complexity index is 879. The summed E-state index contributed by atoms with van der Waals surface area (Å²) in [5.74, 6) is 0.684. The van der Waals surface area contributed by atoms with Crippen LogP contribution in [0.25, 0.3) is 10.4 Å². The molecule has 1 aliphatic heterocycles. The van der Waals surface area contributed by atoms with Crippen LogP contribution in [0, 0.1) is 11.3 Å². The van der Waals surface area contributed by atoms with Crippen LogP contribution in [-0.4, -0.2) is 36.3 Å². The first kappa shape index (κ1) is 22.1. The van der Waals surface area contributed by atoms with E-state index in [1.807, 2.05) is 4.90 Å². The lowest BCUT2D eigenvalue weighted by molar-refractivity contribution is -0.143. The molecule has 2 aliphatic rings. The van der Waals surface area contributed by atoms with Crippen molar-refractivity contribution in [3.63, 3.8) is 0 Å².